The molecule has 1 fully saturated rings. The lowest BCUT2D eigenvalue weighted by molar-refractivity contribution is -0.147. The van der Waals surface area contributed by atoms with Crippen LogP contribution in [0.3, 0.4) is 0 Å². The number of hydrogen-bond acceptors (Lipinski definition) is 5. The summed E-state index contributed by atoms with van der Waals surface area (Å²) in [5.41, 5.74) is 1.16. The standard InChI is InChI=1S/C22H22N2O6/c25-20(14-5-1-2-6-15(14)22(27)28)24-17-8-4-3-7-16(17)21(26)23-13-9-10-18-19(11-13)30-12-29-18/h3-4,7-11,14-15H,1-2,5-6,12H2,(H,23,26)(H,24,25)(H,27,28). The summed E-state index contributed by atoms with van der Waals surface area (Å²) >= 11 is 0. The van der Waals surface area contributed by atoms with Gasteiger partial charge < -0.3 is 25.2 Å². The molecule has 8 heteroatoms. The average molecular weight is 410 g/mol. The first kappa shape index (κ1) is 19.8. The molecule has 0 saturated heterocycles. The van der Waals surface area contributed by atoms with E-state index in [1.165, 1.54) is 0 Å². The zero-order valence-electron chi connectivity index (χ0n) is 16.2. The van der Waals surface area contributed by atoms with Gasteiger partial charge in [0, 0.05) is 11.8 Å². The van der Waals surface area contributed by atoms with Crippen molar-refractivity contribution >= 4 is 29.2 Å². The lowest BCUT2D eigenvalue weighted by atomic mass is 9.78. The monoisotopic (exact) mass is 410 g/mol. The predicted molar refractivity (Wildman–Crippen MR) is 109 cm³/mol. The normalized spacial score (nSPS) is 19.7. The smallest absolute Gasteiger partial charge is 0.307 e. The summed E-state index contributed by atoms with van der Waals surface area (Å²) < 4.78 is 10.6. The fourth-order valence-corrected chi connectivity index (χ4v) is 3.93. The number of rotatable bonds is 5. The number of carboxylic acid groups (broad SMARTS) is 1. The molecule has 2 aromatic rings. The minimum atomic E-state index is -0.955. The fraction of sp³-hybridized carbons (Fsp3) is 0.318. The second-order valence-corrected chi connectivity index (χ2v) is 7.39. The first-order valence-corrected chi connectivity index (χ1v) is 9.86. The molecule has 2 amide bonds. The van der Waals surface area contributed by atoms with Crippen molar-refractivity contribution in [3.63, 3.8) is 0 Å². The molecule has 30 heavy (non-hydrogen) atoms. The SMILES string of the molecule is O=C(Nc1ccc2c(c1)OCO2)c1ccccc1NC(=O)C1CCCCC1C(=O)O. The van der Waals surface area contributed by atoms with Crippen LogP contribution in [-0.2, 0) is 9.59 Å². The molecule has 1 aliphatic heterocycles. The van der Waals surface area contributed by atoms with Crippen LogP contribution in [0.15, 0.2) is 42.5 Å². The van der Waals surface area contributed by atoms with Gasteiger partial charge in [0.1, 0.15) is 0 Å². The molecule has 1 saturated carbocycles. The van der Waals surface area contributed by atoms with E-state index in [0.29, 0.717) is 35.7 Å². The number of carboxylic acids is 1. The van der Waals surface area contributed by atoms with Crippen molar-refractivity contribution < 1.29 is 29.0 Å². The maximum atomic E-state index is 12.8. The van der Waals surface area contributed by atoms with Gasteiger partial charge in [0.05, 0.1) is 23.1 Å². The molecule has 2 aromatic carbocycles. The summed E-state index contributed by atoms with van der Waals surface area (Å²) in [6, 6.07) is 11.7. The number of aliphatic carboxylic acids is 1. The van der Waals surface area contributed by atoms with Gasteiger partial charge in [-0.05, 0) is 37.1 Å². The van der Waals surface area contributed by atoms with Gasteiger partial charge in [0.15, 0.2) is 11.5 Å². The minimum Gasteiger partial charge on any atom is -0.481 e. The number of ether oxygens (including phenoxy) is 2. The van der Waals surface area contributed by atoms with Gasteiger partial charge in [-0.2, -0.15) is 0 Å². The number of carbonyl (C=O) groups excluding carboxylic acids is 2. The number of para-hydroxylation sites is 1. The average Bonchev–Trinajstić information content (AvgIpc) is 3.22. The molecule has 2 atom stereocenters. The molecule has 1 heterocycles. The summed E-state index contributed by atoms with van der Waals surface area (Å²) in [4.78, 5) is 37.2. The highest BCUT2D eigenvalue weighted by Crippen LogP contribution is 2.35. The van der Waals surface area contributed by atoms with E-state index >= 15 is 0 Å². The lowest BCUT2D eigenvalue weighted by Gasteiger charge is -2.27. The van der Waals surface area contributed by atoms with Crippen molar-refractivity contribution in [2.45, 2.75) is 25.7 Å². The predicted octanol–water partition coefficient (Wildman–Crippen LogP) is 3.50. The Morgan fingerprint density at radius 3 is 2.43 bits per heavy atom. The van der Waals surface area contributed by atoms with Gasteiger partial charge in [0.2, 0.25) is 12.7 Å². The first-order valence-electron chi connectivity index (χ1n) is 9.86. The number of carbonyl (C=O) groups is 3. The van der Waals surface area contributed by atoms with Gasteiger partial charge in [0.25, 0.3) is 5.91 Å². The van der Waals surface area contributed by atoms with Gasteiger partial charge in [-0.3, -0.25) is 14.4 Å². The van der Waals surface area contributed by atoms with E-state index in [2.05, 4.69) is 10.6 Å². The van der Waals surface area contributed by atoms with Crippen LogP contribution in [0.25, 0.3) is 0 Å². The van der Waals surface area contributed by atoms with Crippen molar-refractivity contribution in [1.82, 2.24) is 0 Å². The van der Waals surface area contributed by atoms with E-state index in [-0.39, 0.29) is 18.3 Å². The van der Waals surface area contributed by atoms with Gasteiger partial charge in [-0.1, -0.05) is 25.0 Å². The molecule has 1 aliphatic carbocycles. The number of nitrogens with one attached hydrogen (secondary N) is 2. The van der Waals surface area contributed by atoms with E-state index in [1.807, 2.05) is 0 Å². The molecule has 3 N–H and O–H groups in total. The number of amides is 2. The fourth-order valence-electron chi connectivity index (χ4n) is 3.93. The van der Waals surface area contributed by atoms with Gasteiger partial charge >= 0.3 is 5.97 Å². The van der Waals surface area contributed by atoms with Crippen LogP contribution in [0.2, 0.25) is 0 Å². The van der Waals surface area contributed by atoms with Crippen molar-refractivity contribution in [2.75, 3.05) is 17.4 Å². The molecular formula is C22H22N2O6. The molecule has 2 aliphatic rings. The van der Waals surface area contributed by atoms with Gasteiger partial charge in [-0.15, -0.1) is 0 Å². The summed E-state index contributed by atoms with van der Waals surface area (Å²) in [5, 5.41) is 15.0. The molecule has 0 bridgehead atoms. The van der Waals surface area contributed by atoms with E-state index in [1.54, 1.807) is 42.5 Å². The number of anilines is 2. The zero-order valence-corrected chi connectivity index (χ0v) is 16.2. The summed E-state index contributed by atoms with van der Waals surface area (Å²) in [6.07, 6.45) is 2.62. The Kier molecular flexibility index (Phi) is 5.56. The number of benzene rings is 2. The molecule has 8 nitrogen and oxygen atoms in total. The van der Waals surface area contributed by atoms with Crippen LogP contribution in [0, 0.1) is 11.8 Å². The first-order chi connectivity index (χ1) is 14.5. The van der Waals surface area contributed by atoms with Crippen molar-refractivity contribution in [3.05, 3.63) is 48.0 Å². The highest BCUT2D eigenvalue weighted by atomic mass is 16.7. The van der Waals surface area contributed by atoms with Crippen LogP contribution >= 0.6 is 0 Å². The molecule has 0 spiro atoms. The molecule has 2 unspecified atom stereocenters. The van der Waals surface area contributed by atoms with Crippen LogP contribution in [0.4, 0.5) is 11.4 Å². The Morgan fingerprint density at radius 2 is 1.63 bits per heavy atom. The van der Waals surface area contributed by atoms with Crippen LogP contribution in [0.1, 0.15) is 36.0 Å². The number of fused-ring (bicyclic) bond motifs is 1. The topological polar surface area (TPSA) is 114 Å². The van der Waals surface area contributed by atoms with E-state index in [0.717, 1.165) is 12.8 Å². The molecule has 0 radical (unpaired) electrons. The zero-order chi connectivity index (χ0) is 21.1. The van der Waals surface area contributed by atoms with Crippen molar-refractivity contribution in [1.29, 1.82) is 0 Å². The maximum Gasteiger partial charge on any atom is 0.307 e. The maximum absolute atomic E-state index is 12.8. The molecular weight excluding hydrogens is 388 g/mol. The minimum absolute atomic E-state index is 0.139. The lowest BCUT2D eigenvalue weighted by Crippen LogP contribution is -2.36. The highest BCUT2D eigenvalue weighted by Gasteiger charge is 2.36. The number of hydrogen-bond donors (Lipinski definition) is 3. The van der Waals surface area contributed by atoms with Gasteiger partial charge in [-0.25, -0.2) is 0 Å². The summed E-state index contributed by atoms with van der Waals surface area (Å²) in [6.45, 7) is 0.139. The third-order valence-corrected chi connectivity index (χ3v) is 5.48. The third-order valence-electron chi connectivity index (χ3n) is 5.48. The van der Waals surface area contributed by atoms with Crippen LogP contribution in [0.5, 0.6) is 11.5 Å². The largest absolute Gasteiger partial charge is 0.481 e. The summed E-state index contributed by atoms with van der Waals surface area (Å²) in [7, 11) is 0. The van der Waals surface area contributed by atoms with Crippen molar-refractivity contribution in [3.8, 4) is 11.5 Å². The Morgan fingerprint density at radius 1 is 0.900 bits per heavy atom. The Hall–Kier alpha value is -3.55. The highest BCUT2D eigenvalue weighted by molar-refractivity contribution is 6.10. The second-order valence-electron chi connectivity index (χ2n) is 7.39. The van der Waals surface area contributed by atoms with Crippen LogP contribution < -0.4 is 20.1 Å². The van der Waals surface area contributed by atoms with E-state index < -0.39 is 23.7 Å². The van der Waals surface area contributed by atoms with E-state index in [9.17, 15) is 19.5 Å². The van der Waals surface area contributed by atoms with E-state index in [4.69, 9.17) is 9.47 Å². The molecule has 156 valence electrons. The second kappa shape index (κ2) is 8.44. The quantitative estimate of drug-likeness (QED) is 0.695. The van der Waals surface area contributed by atoms with Crippen LogP contribution in [-0.4, -0.2) is 29.7 Å². The Balaban J connectivity index is 1.50. The molecule has 0 aromatic heterocycles. The summed E-state index contributed by atoms with van der Waals surface area (Å²) in [5.74, 6) is -1.88. The Labute approximate surface area is 173 Å². The van der Waals surface area contributed by atoms with Crippen molar-refractivity contribution in [2.24, 2.45) is 11.8 Å². The third kappa shape index (κ3) is 4.07. The molecule has 4 rings (SSSR count). The Bertz CT molecular complexity index is 989.